The van der Waals surface area contributed by atoms with Gasteiger partial charge in [0.1, 0.15) is 5.15 Å². The van der Waals surface area contributed by atoms with Crippen LogP contribution in [-0.4, -0.2) is 24.4 Å². The molecule has 1 aromatic carbocycles. The lowest BCUT2D eigenvalue weighted by Gasteiger charge is -2.03. The second kappa shape index (κ2) is 5.67. The molecule has 2 aromatic rings. The summed E-state index contributed by atoms with van der Waals surface area (Å²) in [4.78, 5) is 15.1. The smallest absolute Gasteiger partial charge is 0.427 e. The van der Waals surface area contributed by atoms with Crippen molar-refractivity contribution >= 4 is 34.8 Å². The monoisotopic (exact) mass is 277 g/mol. The summed E-state index contributed by atoms with van der Waals surface area (Å²) < 4.78 is 4.39. The van der Waals surface area contributed by atoms with Crippen molar-refractivity contribution in [1.82, 2.24) is 10.4 Å². The maximum Gasteiger partial charge on any atom is 0.427 e. The number of carbonyl (C=O) groups is 1. The molecule has 0 fully saturated rings. The van der Waals surface area contributed by atoms with E-state index in [1.165, 1.54) is 13.3 Å². The van der Waals surface area contributed by atoms with Gasteiger partial charge in [-0.1, -0.05) is 23.7 Å². The quantitative estimate of drug-likeness (QED) is 0.521. The Kier molecular flexibility index (Phi) is 3.97. The fourth-order valence-electron chi connectivity index (χ4n) is 1.56. The standard InChI is InChI=1S/C13H12ClN3O2/c1-8-3-4-9-6-10(7-15-17-13(18)19-2)12(14)16-11(9)5-8/h3-7H,1-2H3,(H,17,18)/b15-7+. The Morgan fingerprint density at radius 2 is 2.26 bits per heavy atom. The van der Waals surface area contributed by atoms with E-state index in [-0.39, 0.29) is 0 Å². The summed E-state index contributed by atoms with van der Waals surface area (Å²) in [6, 6.07) is 7.76. The number of aromatic nitrogens is 1. The molecule has 0 atom stereocenters. The molecule has 19 heavy (non-hydrogen) atoms. The van der Waals surface area contributed by atoms with Crippen LogP contribution in [0.25, 0.3) is 10.9 Å². The van der Waals surface area contributed by atoms with E-state index in [1.54, 1.807) is 0 Å². The molecule has 6 heteroatoms. The summed E-state index contributed by atoms with van der Waals surface area (Å²) >= 11 is 6.06. The predicted octanol–water partition coefficient (Wildman–Crippen LogP) is 2.89. The molecule has 1 N–H and O–H groups in total. The highest BCUT2D eigenvalue weighted by Gasteiger charge is 2.03. The molecule has 2 rings (SSSR count). The average molecular weight is 278 g/mol. The fraction of sp³-hybridized carbons (Fsp3) is 0.154. The third kappa shape index (κ3) is 3.20. The minimum absolute atomic E-state index is 0.327. The third-order valence-electron chi connectivity index (χ3n) is 2.50. The predicted molar refractivity (Wildman–Crippen MR) is 74.6 cm³/mol. The molecule has 0 spiro atoms. The van der Waals surface area contributed by atoms with Gasteiger partial charge < -0.3 is 4.74 Å². The first-order valence-corrected chi connectivity index (χ1v) is 5.92. The van der Waals surface area contributed by atoms with E-state index < -0.39 is 6.09 Å². The summed E-state index contributed by atoms with van der Waals surface area (Å²) in [5.74, 6) is 0. The van der Waals surface area contributed by atoms with Crippen molar-refractivity contribution in [2.24, 2.45) is 5.10 Å². The van der Waals surface area contributed by atoms with Gasteiger partial charge in [0.2, 0.25) is 0 Å². The fourth-order valence-corrected chi connectivity index (χ4v) is 1.76. The number of pyridine rings is 1. The van der Waals surface area contributed by atoms with E-state index in [2.05, 4.69) is 20.2 Å². The van der Waals surface area contributed by atoms with E-state index in [1.807, 2.05) is 31.2 Å². The number of hydrazone groups is 1. The Morgan fingerprint density at radius 1 is 1.47 bits per heavy atom. The molecule has 98 valence electrons. The second-order valence-corrected chi connectivity index (χ2v) is 4.28. The van der Waals surface area contributed by atoms with Crippen LogP contribution in [0.1, 0.15) is 11.1 Å². The summed E-state index contributed by atoms with van der Waals surface area (Å²) in [6.07, 6.45) is 0.780. The molecule has 0 aliphatic heterocycles. The number of carbonyl (C=O) groups excluding carboxylic acids is 1. The van der Waals surface area contributed by atoms with Crippen molar-refractivity contribution in [1.29, 1.82) is 0 Å². The number of rotatable bonds is 2. The van der Waals surface area contributed by atoms with Crippen LogP contribution in [0.15, 0.2) is 29.4 Å². The van der Waals surface area contributed by atoms with Gasteiger partial charge in [0.05, 0.1) is 18.8 Å². The zero-order chi connectivity index (χ0) is 13.8. The second-order valence-electron chi connectivity index (χ2n) is 3.93. The van der Waals surface area contributed by atoms with Crippen molar-refractivity contribution < 1.29 is 9.53 Å². The van der Waals surface area contributed by atoms with Crippen LogP contribution < -0.4 is 5.43 Å². The summed E-state index contributed by atoms with van der Waals surface area (Å²) in [5, 5.41) is 5.00. The van der Waals surface area contributed by atoms with Gasteiger partial charge >= 0.3 is 6.09 Å². The van der Waals surface area contributed by atoms with Gasteiger partial charge in [-0.25, -0.2) is 15.2 Å². The van der Waals surface area contributed by atoms with Crippen molar-refractivity contribution in [2.45, 2.75) is 6.92 Å². The van der Waals surface area contributed by atoms with Gasteiger partial charge in [-0.05, 0) is 24.6 Å². The Hall–Kier alpha value is -2.14. The summed E-state index contributed by atoms with van der Waals surface area (Å²) in [6.45, 7) is 1.99. The minimum atomic E-state index is -0.642. The first-order valence-electron chi connectivity index (χ1n) is 5.54. The molecule has 0 aliphatic rings. The van der Waals surface area contributed by atoms with Crippen LogP contribution in [-0.2, 0) is 4.74 Å². The number of halogens is 1. The Balaban J connectivity index is 2.31. The van der Waals surface area contributed by atoms with Crippen LogP contribution in [0.4, 0.5) is 4.79 Å². The zero-order valence-corrected chi connectivity index (χ0v) is 11.2. The number of ether oxygens (including phenoxy) is 1. The van der Waals surface area contributed by atoms with Crippen molar-refractivity contribution in [2.75, 3.05) is 7.11 Å². The van der Waals surface area contributed by atoms with Crippen molar-refractivity contribution in [3.05, 3.63) is 40.5 Å². The minimum Gasteiger partial charge on any atom is -0.452 e. The van der Waals surface area contributed by atoms with E-state index in [0.717, 1.165) is 16.5 Å². The highest BCUT2D eigenvalue weighted by Crippen LogP contribution is 2.20. The maximum atomic E-state index is 10.8. The lowest BCUT2D eigenvalue weighted by atomic mass is 10.1. The van der Waals surface area contributed by atoms with E-state index >= 15 is 0 Å². The molecule has 0 saturated heterocycles. The van der Waals surface area contributed by atoms with Crippen molar-refractivity contribution in [3.63, 3.8) is 0 Å². The van der Waals surface area contributed by atoms with Crippen LogP contribution in [0.2, 0.25) is 5.15 Å². The summed E-state index contributed by atoms with van der Waals surface area (Å²) in [7, 11) is 1.26. The Morgan fingerprint density at radius 3 is 3.00 bits per heavy atom. The first-order chi connectivity index (χ1) is 9.10. The van der Waals surface area contributed by atoms with Crippen LogP contribution in [0.3, 0.4) is 0 Å². The number of hydrogen-bond acceptors (Lipinski definition) is 4. The SMILES string of the molecule is COC(=O)N/N=C/c1cc2ccc(C)cc2nc1Cl. The maximum absolute atomic E-state index is 10.8. The molecule has 0 aliphatic carbocycles. The van der Waals surface area contributed by atoms with Gasteiger partial charge in [-0.2, -0.15) is 5.10 Å². The Bertz CT molecular complexity index is 656. The number of benzene rings is 1. The zero-order valence-electron chi connectivity index (χ0n) is 10.5. The molecule has 0 unspecified atom stereocenters. The average Bonchev–Trinajstić information content (AvgIpc) is 2.39. The molecule has 0 radical (unpaired) electrons. The van der Waals surface area contributed by atoms with Gasteiger partial charge in [0, 0.05) is 10.9 Å². The molecule has 1 heterocycles. The molecule has 0 saturated carbocycles. The van der Waals surface area contributed by atoms with Gasteiger partial charge in [0.15, 0.2) is 0 Å². The number of amides is 1. The van der Waals surface area contributed by atoms with Crippen molar-refractivity contribution in [3.8, 4) is 0 Å². The van der Waals surface area contributed by atoms with Crippen LogP contribution in [0, 0.1) is 6.92 Å². The van der Waals surface area contributed by atoms with Gasteiger partial charge in [-0.15, -0.1) is 0 Å². The van der Waals surface area contributed by atoms with Gasteiger partial charge in [-0.3, -0.25) is 0 Å². The molecule has 5 nitrogen and oxygen atoms in total. The number of hydrogen-bond donors (Lipinski definition) is 1. The highest BCUT2D eigenvalue weighted by molar-refractivity contribution is 6.32. The van der Waals surface area contributed by atoms with Crippen LogP contribution in [0.5, 0.6) is 0 Å². The van der Waals surface area contributed by atoms with E-state index in [4.69, 9.17) is 11.6 Å². The van der Waals surface area contributed by atoms with Crippen LogP contribution >= 0.6 is 11.6 Å². The number of methoxy groups -OCH3 is 1. The number of aryl methyl sites for hydroxylation is 1. The number of fused-ring (bicyclic) bond motifs is 1. The lowest BCUT2D eigenvalue weighted by Crippen LogP contribution is -2.16. The lowest BCUT2D eigenvalue weighted by molar-refractivity contribution is 0.171. The third-order valence-corrected chi connectivity index (χ3v) is 2.80. The molecular weight excluding hydrogens is 266 g/mol. The molecule has 1 amide bonds. The summed E-state index contributed by atoms with van der Waals surface area (Å²) in [5.41, 5.74) is 4.74. The van der Waals surface area contributed by atoms with E-state index in [0.29, 0.717) is 10.7 Å². The topological polar surface area (TPSA) is 63.6 Å². The van der Waals surface area contributed by atoms with E-state index in [9.17, 15) is 4.79 Å². The molecule has 0 bridgehead atoms. The Labute approximate surface area is 115 Å². The normalized spacial score (nSPS) is 10.9. The number of nitrogens with zero attached hydrogens (tertiary/aromatic N) is 2. The molecular formula is C13H12ClN3O2. The molecule has 1 aromatic heterocycles. The highest BCUT2D eigenvalue weighted by atomic mass is 35.5. The number of nitrogens with one attached hydrogen (secondary N) is 1. The largest absolute Gasteiger partial charge is 0.452 e. The first kappa shape index (κ1) is 13.3. The van der Waals surface area contributed by atoms with Gasteiger partial charge in [0.25, 0.3) is 0 Å².